The standard InChI is InChI=1S/C13H21NOS/c1-13(2,3)12(15)9-16-11-6-4-10(8-14)5-7-11/h4-7,12,15H,8-9,14H2,1-3H3. The Kier molecular flexibility index (Phi) is 4.84. The van der Waals surface area contributed by atoms with Crippen LogP contribution in [-0.4, -0.2) is 17.0 Å². The smallest absolute Gasteiger partial charge is 0.0682 e. The third kappa shape index (κ3) is 4.16. The fourth-order valence-corrected chi connectivity index (χ4v) is 2.33. The Morgan fingerprint density at radius 1 is 1.25 bits per heavy atom. The Morgan fingerprint density at radius 2 is 1.81 bits per heavy atom. The summed E-state index contributed by atoms with van der Waals surface area (Å²) in [7, 11) is 0. The van der Waals surface area contributed by atoms with Crippen LogP contribution in [0, 0.1) is 5.41 Å². The van der Waals surface area contributed by atoms with Crippen molar-refractivity contribution in [2.24, 2.45) is 11.1 Å². The average Bonchev–Trinajstić information content (AvgIpc) is 2.25. The van der Waals surface area contributed by atoms with Crippen molar-refractivity contribution in [3.05, 3.63) is 29.8 Å². The first-order chi connectivity index (χ1) is 7.43. The maximum absolute atomic E-state index is 9.91. The van der Waals surface area contributed by atoms with Gasteiger partial charge in [-0.15, -0.1) is 11.8 Å². The molecule has 1 aromatic carbocycles. The van der Waals surface area contributed by atoms with Gasteiger partial charge in [0.1, 0.15) is 0 Å². The Hall–Kier alpha value is -0.510. The Balaban J connectivity index is 2.48. The van der Waals surface area contributed by atoms with Gasteiger partial charge in [-0.05, 0) is 23.1 Å². The van der Waals surface area contributed by atoms with E-state index in [2.05, 4.69) is 32.9 Å². The zero-order valence-electron chi connectivity index (χ0n) is 10.2. The highest BCUT2D eigenvalue weighted by atomic mass is 32.2. The Morgan fingerprint density at radius 3 is 2.25 bits per heavy atom. The van der Waals surface area contributed by atoms with E-state index in [0.717, 1.165) is 11.3 Å². The van der Waals surface area contributed by atoms with Crippen molar-refractivity contribution in [3.8, 4) is 0 Å². The van der Waals surface area contributed by atoms with E-state index in [1.165, 1.54) is 4.90 Å². The first-order valence-corrected chi connectivity index (χ1v) is 6.52. The third-order valence-corrected chi connectivity index (χ3v) is 3.65. The summed E-state index contributed by atoms with van der Waals surface area (Å²) >= 11 is 1.68. The molecule has 0 aliphatic rings. The van der Waals surface area contributed by atoms with Gasteiger partial charge in [0.15, 0.2) is 0 Å². The minimum Gasteiger partial charge on any atom is -0.392 e. The van der Waals surface area contributed by atoms with Crippen molar-refractivity contribution in [3.63, 3.8) is 0 Å². The number of nitrogens with two attached hydrogens (primary N) is 1. The van der Waals surface area contributed by atoms with E-state index in [0.29, 0.717) is 6.54 Å². The molecule has 1 aromatic rings. The zero-order valence-corrected chi connectivity index (χ0v) is 11.1. The first kappa shape index (κ1) is 13.6. The molecule has 0 fully saturated rings. The van der Waals surface area contributed by atoms with Crippen molar-refractivity contribution < 1.29 is 5.11 Å². The van der Waals surface area contributed by atoms with Gasteiger partial charge in [0, 0.05) is 17.2 Å². The van der Waals surface area contributed by atoms with Crippen LogP contribution in [0.2, 0.25) is 0 Å². The van der Waals surface area contributed by atoms with Crippen LogP contribution in [0.1, 0.15) is 26.3 Å². The molecule has 0 amide bonds. The summed E-state index contributed by atoms with van der Waals surface area (Å²) in [6.45, 7) is 6.73. The van der Waals surface area contributed by atoms with Crippen LogP contribution >= 0.6 is 11.8 Å². The normalized spacial score (nSPS) is 13.8. The van der Waals surface area contributed by atoms with Crippen molar-refractivity contribution in [2.45, 2.75) is 38.3 Å². The number of aliphatic hydroxyl groups is 1. The molecule has 0 aliphatic carbocycles. The van der Waals surface area contributed by atoms with Gasteiger partial charge in [0.05, 0.1) is 6.10 Å². The lowest BCUT2D eigenvalue weighted by molar-refractivity contribution is 0.0843. The summed E-state index contributed by atoms with van der Waals surface area (Å²) in [6.07, 6.45) is -0.285. The molecule has 1 rings (SSSR count). The number of thioether (sulfide) groups is 1. The largest absolute Gasteiger partial charge is 0.392 e. The molecule has 3 heteroatoms. The number of rotatable bonds is 4. The van der Waals surface area contributed by atoms with E-state index in [9.17, 15) is 5.11 Å². The van der Waals surface area contributed by atoms with Crippen LogP contribution in [0.15, 0.2) is 29.2 Å². The molecule has 1 unspecified atom stereocenters. The van der Waals surface area contributed by atoms with Crippen molar-refractivity contribution in [1.29, 1.82) is 0 Å². The molecule has 90 valence electrons. The minimum atomic E-state index is -0.285. The fourth-order valence-electron chi connectivity index (χ4n) is 1.15. The second kappa shape index (κ2) is 5.71. The molecule has 0 spiro atoms. The van der Waals surface area contributed by atoms with Crippen LogP contribution in [0.25, 0.3) is 0 Å². The molecule has 3 N–H and O–H groups in total. The molecular formula is C13H21NOS. The van der Waals surface area contributed by atoms with Gasteiger partial charge >= 0.3 is 0 Å². The highest BCUT2D eigenvalue weighted by Gasteiger charge is 2.21. The van der Waals surface area contributed by atoms with E-state index in [1.807, 2.05) is 12.1 Å². The quantitative estimate of drug-likeness (QED) is 0.794. The molecular weight excluding hydrogens is 218 g/mol. The predicted molar refractivity (Wildman–Crippen MR) is 70.5 cm³/mol. The molecule has 0 aliphatic heterocycles. The summed E-state index contributed by atoms with van der Waals surface area (Å²) in [6, 6.07) is 8.18. The predicted octanol–water partition coefficient (Wildman–Crippen LogP) is 2.64. The van der Waals surface area contributed by atoms with Crippen LogP contribution in [0.3, 0.4) is 0 Å². The monoisotopic (exact) mass is 239 g/mol. The van der Waals surface area contributed by atoms with Crippen molar-refractivity contribution in [1.82, 2.24) is 0 Å². The lowest BCUT2D eigenvalue weighted by Gasteiger charge is -2.25. The molecule has 16 heavy (non-hydrogen) atoms. The molecule has 0 bridgehead atoms. The Bertz CT molecular complexity index is 316. The molecule has 2 nitrogen and oxygen atoms in total. The van der Waals surface area contributed by atoms with Gasteiger partial charge in [0.25, 0.3) is 0 Å². The van der Waals surface area contributed by atoms with Gasteiger partial charge in [-0.25, -0.2) is 0 Å². The number of hydrogen-bond donors (Lipinski definition) is 2. The second-order valence-electron chi connectivity index (χ2n) is 5.04. The van der Waals surface area contributed by atoms with Gasteiger partial charge in [-0.2, -0.15) is 0 Å². The lowest BCUT2D eigenvalue weighted by Crippen LogP contribution is -2.28. The molecule has 1 atom stereocenters. The van der Waals surface area contributed by atoms with Crippen molar-refractivity contribution in [2.75, 3.05) is 5.75 Å². The average molecular weight is 239 g/mol. The topological polar surface area (TPSA) is 46.2 Å². The summed E-state index contributed by atoms with van der Waals surface area (Å²) < 4.78 is 0. The summed E-state index contributed by atoms with van der Waals surface area (Å²) in [4.78, 5) is 1.18. The van der Waals surface area contributed by atoms with Gasteiger partial charge in [-0.1, -0.05) is 32.9 Å². The summed E-state index contributed by atoms with van der Waals surface area (Å²) in [5.41, 5.74) is 6.62. The molecule has 0 aromatic heterocycles. The van der Waals surface area contributed by atoms with E-state index in [-0.39, 0.29) is 11.5 Å². The molecule has 0 heterocycles. The van der Waals surface area contributed by atoms with Gasteiger partial charge in [-0.3, -0.25) is 0 Å². The van der Waals surface area contributed by atoms with Gasteiger partial charge < -0.3 is 10.8 Å². The SMILES string of the molecule is CC(C)(C)C(O)CSc1ccc(CN)cc1. The lowest BCUT2D eigenvalue weighted by atomic mass is 9.90. The third-order valence-electron chi connectivity index (χ3n) is 2.57. The minimum absolute atomic E-state index is 0.0514. The molecule has 0 saturated carbocycles. The second-order valence-corrected chi connectivity index (χ2v) is 6.13. The van der Waals surface area contributed by atoms with Crippen LogP contribution < -0.4 is 5.73 Å². The summed E-state index contributed by atoms with van der Waals surface area (Å²) in [5.74, 6) is 0.728. The zero-order chi connectivity index (χ0) is 12.2. The highest BCUT2D eigenvalue weighted by Crippen LogP contribution is 2.26. The maximum Gasteiger partial charge on any atom is 0.0682 e. The van der Waals surface area contributed by atoms with E-state index < -0.39 is 0 Å². The van der Waals surface area contributed by atoms with Crippen LogP contribution in [0.4, 0.5) is 0 Å². The van der Waals surface area contributed by atoms with E-state index >= 15 is 0 Å². The Labute approximate surface area is 102 Å². The fraction of sp³-hybridized carbons (Fsp3) is 0.538. The molecule has 0 radical (unpaired) electrons. The van der Waals surface area contributed by atoms with E-state index in [1.54, 1.807) is 11.8 Å². The first-order valence-electron chi connectivity index (χ1n) is 5.53. The number of benzene rings is 1. The van der Waals surface area contributed by atoms with E-state index in [4.69, 9.17) is 5.73 Å². The number of aliphatic hydroxyl groups excluding tert-OH is 1. The molecule has 0 saturated heterocycles. The highest BCUT2D eigenvalue weighted by molar-refractivity contribution is 7.99. The van der Waals surface area contributed by atoms with Gasteiger partial charge in [0.2, 0.25) is 0 Å². The summed E-state index contributed by atoms with van der Waals surface area (Å²) in [5, 5.41) is 9.91. The van der Waals surface area contributed by atoms with Crippen LogP contribution in [0.5, 0.6) is 0 Å². The maximum atomic E-state index is 9.91. The van der Waals surface area contributed by atoms with Crippen molar-refractivity contribution >= 4 is 11.8 Å². The van der Waals surface area contributed by atoms with Crippen LogP contribution in [-0.2, 0) is 6.54 Å². The number of hydrogen-bond acceptors (Lipinski definition) is 3.